The standard InChI is InChI=1S/C23H26N2O5/c1-28-14-7-12-13(8-15(14)29-2)25-17(26)9-16-19-18-11(3-6-30-16)10-24-5-4-23(12,21(19)25)22(24)20(18)27/h3,7-8,16,18-22,27H,4-6,9-10H2,1-2H3/t16-,18-,19+,20?,21-,22-,23-/m0/s1. The molecule has 1 aromatic rings. The number of carbonyl (C=O) groups is 1. The minimum atomic E-state index is -0.452. The Morgan fingerprint density at radius 3 is 2.80 bits per heavy atom. The fourth-order valence-electron chi connectivity index (χ4n) is 7.96. The van der Waals surface area contributed by atoms with Crippen LogP contribution in [0.1, 0.15) is 18.4 Å². The molecule has 7 atom stereocenters. The van der Waals surface area contributed by atoms with Gasteiger partial charge in [0.05, 0.1) is 51.2 Å². The highest BCUT2D eigenvalue weighted by atomic mass is 16.5. The third kappa shape index (κ3) is 1.75. The first-order chi connectivity index (χ1) is 14.6. The Morgan fingerprint density at radius 1 is 1.20 bits per heavy atom. The molecule has 5 heterocycles. The van der Waals surface area contributed by atoms with Crippen LogP contribution >= 0.6 is 0 Å². The highest BCUT2D eigenvalue weighted by Gasteiger charge is 2.73. The number of benzene rings is 1. The Kier molecular flexibility index (Phi) is 3.27. The van der Waals surface area contributed by atoms with E-state index in [9.17, 15) is 9.90 Å². The Labute approximate surface area is 175 Å². The first-order valence-electron chi connectivity index (χ1n) is 10.9. The predicted octanol–water partition coefficient (Wildman–Crippen LogP) is 1.08. The van der Waals surface area contributed by atoms with Gasteiger partial charge in [-0.3, -0.25) is 9.69 Å². The minimum Gasteiger partial charge on any atom is -0.493 e. The highest BCUT2D eigenvalue weighted by Crippen LogP contribution is 2.66. The second-order valence-electron chi connectivity index (χ2n) is 9.59. The number of anilines is 1. The lowest BCUT2D eigenvalue weighted by Gasteiger charge is -2.60. The van der Waals surface area contributed by atoms with Gasteiger partial charge in [-0.05, 0) is 24.6 Å². The van der Waals surface area contributed by atoms with E-state index in [4.69, 9.17) is 14.2 Å². The quantitative estimate of drug-likeness (QED) is 0.736. The summed E-state index contributed by atoms with van der Waals surface area (Å²) in [6.07, 6.45) is 2.86. The van der Waals surface area contributed by atoms with Gasteiger partial charge in [0.2, 0.25) is 5.91 Å². The number of nitrogens with zero attached hydrogens (tertiary/aromatic N) is 2. The summed E-state index contributed by atoms with van der Waals surface area (Å²) in [5.41, 5.74) is 3.05. The maximum atomic E-state index is 13.5. The lowest BCUT2D eigenvalue weighted by molar-refractivity contribution is -0.143. The largest absolute Gasteiger partial charge is 0.493 e. The lowest BCUT2D eigenvalue weighted by Crippen LogP contribution is -2.73. The third-order valence-electron chi connectivity index (χ3n) is 8.82. The molecule has 30 heavy (non-hydrogen) atoms. The molecule has 1 amide bonds. The van der Waals surface area contributed by atoms with Crippen LogP contribution in [0, 0.1) is 11.8 Å². The predicted molar refractivity (Wildman–Crippen MR) is 108 cm³/mol. The second kappa shape index (κ2) is 5.58. The van der Waals surface area contributed by atoms with E-state index in [1.807, 2.05) is 11.0 Å². The van der Waals surface area contributed by atoms with Crippen molar-refractivity contribution in [2.75, 3.05) is 38.8 Å². The van der Waals surface area contributed by atoms with E-state index in [1.54, 1.807) is 14.2 Å². The monoisotopic (exact) mass is 410 g/mol. The molecule has 2 bridgehead atoms. The first-order valence-corrected chi connectivity index (χ1v) is 10.9. The van der Waals surface area contributed by atoms with Gasteiger partial charge in [0, 0.05) is 35.9 Å². The fourth-order valence-corrected chi connectivity index (χ4v) is 7.96. The van der Waals surface area contributed by atoms with Crippen LogP contribution in [0.3, 0.4) is 0 Å². The van der Waals surface area contributed by atoms with Gasteiger partial charge in [0.25, 0.3) is 0 Å². The van der Waals surface area contributed by atoms with Crippen LogP contribution < -0.4 is 14.4 Å². The van der Waals surface area contributed by atoms with Crippen LogP contribution in [0.4, 0.5) is 5.69 Å². The molecule has 6 aliphatic rings. The molecule has 158 valence electrons. The molecule has 3 saturated heterocycles. The van der Waals surface area contributed by atoms with Crippen molar-refractivity contribution in [2.45, 2.75) is 42.5 Å². The summed E-state index contributed by atoms with van der Waals surface area (Å²) in [6.45, 7) is 2.35. The Bertz CT molecular complexity index is 1010. The van der Waals surface area contributed by atoms with Gasteiger partial charge < -0.3 is 24.2 Å². The van der Waals surface area contributed by atoms with Gasteiger partial charge in [-0.1, -0.05) is 11.6 Å². The Morgan fingerprint density at radius 2 is 2.00 bits per heavy atom. The zero-order chi connectivity index (χ0) is 20.4. The van der Waals surface area contributed by atoms with Gasteiger partial charge in [-0.25, -0.2) is 0 Å². The van der Waals surface area contributed by atoms with Crippen LogP contribution in [0.2, 0.25) is 0 Å². The molecule has 7 nitrogen and oxygen atoms in total. The molecule has 1 spiro atoms. The van der Waals surface area contributed by atoms with Gasteiger partial charge in [-0.15, -0.1) is 0 Å². The minimum absolute atomic E-state index is 0.000706. The molecule has 1 aromatic carbocycles. The van der Waals surface area contributed by atoms with Crippen molar-refractivity contribution in [2.24, 2.45) is 11.8 Å². The summed E-state index contributed by atoms with van der Waals surface area (Å²) in [5, 5.41) is 11.7. The molecule has 1 saturated carbocycles. The van der Waals surface area contributed by atoms with Crippen LogP contribution in [0.5, 0.6) is 11.5 Å². The van der Waals surface area contributed by atoms with Crippen molar-refractivity contribution in [3.05, 3.63) is 29.3 Å². The number of piperidine rings is 2. The van der Waals surface area contributed by atoms with E-state index < -0.39 is 6.10 Å². The van der Waals surface area contributed by atoms with E-state index in [1.165, 1.54) is 5.57 Å². The number of aliphatic hydroxyl groups excluding tert-OH is 1. The molecule has 7 heteroatoms. The summed E-state index contributed by atoms with van der Waals surface area (Å²) in [4.78, 5) is 17.9. The van der Waals surface area contributed by atoms with E-state index in [-0.39, 0.29) is 41.3 Å². The number of aliphatic hydroxyl groups is 1. The van der Waals surface area contributed by atoms with Crippen molar-refractivity contribution in [1.29, 1.82) is 0 Å². The van der Waals surface area contributed by atoms with Gasteiger partial charge >= 0.3 is 0 Å². The topological polar surface area (TPSA) is 71.5 Å². The summed E-state index contributed by atoms with van der Waals surface area (Å²) in [6, 6.07) is 4.04. The van der Waals surface area contributed by atoms with Crippen molar-refractivity contribution < 1.29 is 24.1 Å². The van der Waals surface area contributed by atoms with Gasteiger partial charge in [-0.2, -0.15) is 0 Å². The SMILES string of the molecule is COc1cc2c(cc1OC)[C@@]13CCN4CC5=CCO[C@H]6CC(=O)N2[C@H]1[C@H]6[C@H]5C(O)[C@H]43. The summed E-state index contributed by atoms with van der Waals surface area (Å²) in [7, 11) is 3.28. The molecule has 0 radical (unpaired) electrons. The number of amides is 1. The van der Waals surface area contributed by atoms with Gasteiger partial charge in [0.15, 0.2) is 11.5 Å². The number of rotatable bonds is 2. The molecule has 4 fully saturated rings. The van der Waals surface area contributed by atoms with E-state index in [0.29, 0.717) is 24.5 Å². The number of ether oxygens (including phenoxy) is 3. The summed E-state index contributed by atoms with van der Waals surface area (Å²) < 4.78 is 17.5. The zero-order valence-electron chi connectivity index (χ0n) is 17.2. The van der Waals surface area contributed by atoms with E-state index in [2.05, 4.69) is 17.0 Å². The summed E-state index contributed by atoms with van der Waals surface area (Å²) >= 11 is 0. The number of fused-ring (bicyclic) bond motifs is 2. The average Bonchev–Trinajstić information content (AvgIpc) is 3.20. The van der Waals surface area contributed by atoms with Crippen LogP contribution in [0.15, 0.2) is 23.8 Å². The average molecular weight is 410 g/mol. The van der Waals surface area contributed by atoms with Crippen molar-refractivity contribution in [3.63, 3.8) is 0 Å². The Balaban J connectivity index is 1.54. The molecule has 1 unspecified atom stereocenters. The smallest absolute Gasteiger partial charge is 0.229 e. The Hall–Kier alpha value is -2.09. The molecule has 1 aliphatic carbocycles. The lowest BCUT2D eigenvalue weighted by atomic mass is 9.52. The van der Waals surface area contributed by atoms with Crippen LogP contribution in [-0.2, 0) is 14.9 Å². The number of hydrogen-bond donors (Lipinski definition) is 1. The van der Waals surface area contributed by atoms with Gasteiger partial charge in [0.1, 0.15) is 0 Å². The first kappa shape index (κ1) is 17.6. The molecular weight excluding hydrogens is 384 g/mol. The van der Waals surface area contributed by atoms with Crippen molar-refractivity contribution in [3.8, 4) is 11.5 Å². The molecule has 0 aromatic heterocycles. The van der Waals surface area contributed by atoms with E-state index in [0.717, 1.165) is 30.8 Å². The number of methoxy groups -OCH3 is 2. The third-order valence-corrected chi connectivity index (χ3v) is 8.82. The van der Waals surface area contributed by atoms with Crippen molar-refractivity contribution >= 4 is 11.6 Å². The highest BCUT2D eigenvalue weighted by molar-refractivity contribution is 5.99. The fraction of sp³-hybridized carbons (Fsp3) is 0.609. The van der Waals surface area contributed by atoms with Crippen LogP contribution in [-0.4, -0.2) is 74.1 Å². The molecule has 1 N–H and O–H groups in total. The maximum Gasteiger partial charge on any atom is 0.229 e. The van der Waals surface area contributed by atoms with Crippen LogP contribution in [0.25, 0.3) is 0 Å². The van der Waals surface area contributed by atoms with E-state index >= 15 is 0 Å². The molecular formula is C23H26N2O5. The number of hydrogen-bond acceptors (Lipinski definition) is 6. The van der Waals surface area contributed by atoms with Crippen molar-refractivity contribution in [1.82, 2.24) is 4.90 Å². The molecule has 7 rings (SSSR count). The maximum absolute atomic E-state index is 13.5. The number of carbonyl (C=O) groups excluding carboxylic acids is 1. The summed E-state index contributed by atoms with van der Waals surface area (Å²) in [5.74, 6) is 1.59. The normalized spacial score (nSPS) is 42.6. The zero-order valence-corrected chi connectivity index (χ0v) is 17.2. The second-order valence-corrected chi connectivity index (χ2v) is 9.59. The molecule has 5 aliphatic heterocycles.